The minimum atomic E-state index is -0.0911. The second kappa shape index (κ2) is 6.64. The number of hydrogen-bond donors (Lipinski definition) is 0. The highest BCUT2D eigenvalue weighted by Gasteiger charge is 2.12. The van der Waals surface area contributed by atoms with E-state index in [-0.39, 0.29) is 11.8 Å². The average Bonchev–Trinajstić information content (AvgIpc) is 2.37. The first-order chi connectivity index (χ1) is 8.49. The van der Waals surface area contributed by atoms with E-state index >= 15 is 0 Å². The summed E-state index contributed by atoms with van der Waals surface area (Å²) in [7, 11) is 3.38. The van der Waals surface area contributed by atoms with Crippen molar-refractivity contribution in [2.24, 2.45) is 0 Å². The number of ether oxygens (including phenoxy) is 1. The summed E-state index contributed by atoms with van der Waals surface area (Å²) >= 11 is 5.53. The Morgan fingerprint density at radius 3 is 2.61 bits per heavy atom. The molecule has 0 aromatic heterocycles. The smallest absolute Gasteiger partial charge is 0.237 e. The summed E-state index contributed by atoms with van der Waals surface area (Å²) in [6.45, 7) is 4.78. The van der Waals surface area contributed by atoms with Crippen LogP contribution in [0.15, 0.2) is 18.2 Å². The minimum absolute atomic E-state index is 0.00287. The number of halogens is 1. The Morgan fingerprint density at radius 2 is 2.11 bits per heavy atom. The summed E-state index contributed by atoms with van der Waals surface area (Å²) in [6.07, 6.45) is 0. The van der Waals surface area contributed by atoms with Gasteiger partial charge in [0.1, 0.15) is 11.6 Å². The van der Waals surface area contributed by atoms with Crippen molar-refractivity contribution in [2.45, 2.75) is 26.3 Å². The van der Waals surface area contributed by atoms with Crippen molar-refractivity contribution in [1.29, 1.82) is 0 Å². The summed E-state index contributed by atoms with van der Waals surface area (Å²) in [5, 5.41) is 0. The zero-order valence-electron chi connectivity index (χ0n) is 11.4. The summed E-state index contributed by atoms with van der Waals surface area (Å²) in [5.74, 6) is 1.18. The van der Waals surface area contributed by atoms with Crippen molar-refractivity contribution >= 4 is 17.5 Å². The molecule has 0 aliphatic carbocycles. The summed E-state index contributed by atoms with van der Waals surface area (Å²) in [5.41, 5.74) is 2.21. The van der Waals surface area contributed by atoms with Crippen molar-refractivity contribution < 1.29 is 9.53 Å². The molecule has 0 aliphatic heterocycles. The van der Waals surface area contributed by atoms with Gasteiger partial charge in [0, 0.05) is 19.2 Å². The van der Waals surface area contributed by atoms with E-state index in [1.807, 2.05) is 12.1 Å². The zero-order valence-corrected chi connectivity index (χ0v) is 12.1. The van der Waals surface area contributed by atoms with Crippen molar-refractivity contribution in [3.63, 3.8) is 0 Å². The molecule has 0 bridgehead atoms. The average molecular weight is 270 g/mol. The first kappa shape index (κ1) is 14.8. The lowest BCUT2D eigenvalue weighted by Gasteiger charge is -2.19. The lowest BCUT2D eigenvalue weighted by molar-refractivity contribution is -0.127. The van der Waals surface area contributed by atoms with Crippen LogP contribution in [-0.2, 0) is 11.3 Å². The Balaban J connectivity index is 2.92. The molecule has 18 heavy (non-hydrogen) atoms. The van der Waals surface area contributed by atoms with Gasteiger partial charge in [-0.05, 0) is 17.5 Å². The third kappa shape index (κ3) is 3.64. The van der Waals surface area contributed by atoms with Gasteiger partial charge in [-0.1, -0.05) is 26.0 Å². The van der Waals surface area contributed by atoms with Gasteiger partial charge >= 0.3 is 0 Å². The first-order valence-corrected chi connectivity index (χ1v) is 6.49. The van der Waals surface area contributed by atoms with Gasteiger partial charge in [0.05, 0.1) is 7.11 Å². The van der Waals surface area contributed by atoms with Crippen LogP contribution in [0.4, 0.5) is 0 Å². The molecule has 4 heteroatoms. The number of rotatable bonds is 5. The minimum Gasteiger partial charge on any atom is -0.496 e. The van der Waals surface area contributed by atoms with E-state index in [9.17, 15) is 4.79 Å². The lowest BCUT2D eigenvalue weighted by Crippen LogP contribution is -2.27. The normalized spacial score (nSPS) is 10.6. The molecule has 1 aromatic rings. The second-order valence-electron chi connectivity index (χ2n) is 4.61. The van der Waals surface area contributed by atoms with Gasteiger partial charge in [-0.15, -0.1) is 11.6 Å². The molecule has 0 heterocycles. The largest absolute Gasteiger partial charge is 0.496 e. The van der Waals surface area contributed by atoms with E-state index in [0.717, 1.165) is 11.3 Å². The molecule has 0 atom stereocenters. The van der Waals surface area contributed by atoms with Gasteiger partial charge in [-0.25, -0.2) is 0 Å². The fourth-order valence-corrected chi connectivity index (χ4v) is 1.90. The maximum atomic E-state index is 11.4. The first-order valence-electron chi connectivity index (χ1n) is 5.96. The van der Waals surface area contributed by atoms with Gasteiger partial charge in [-0.2, -0.15) is 0 Å². The molecule has 0 N–H and O–H groups in total. The Bertz CT molecular complexity index is 418. The number of carbonyl (C=O) groups is 1. The van der Waals surface area contributed by atoms with Crippen molar-refractivity contribution in [3.8, 4) is 5.75 Å². The molecule has 0 radical (unpaired) electrons. The van der Waals surface area contributed by atoms with Crippen LogP contribution >= 0.6 is 11.6 Å². The van der Waals surface area contributed by atoms with E-state index in [2.05, 4.69) is 19.9 Å². The zero-order chi connectivity index (χ0) is 13.7. The van der Waals surface area contributed by atoms with Crippen LogP contribution < -0.4 is 4.74 Å². The Labute approximate surface area is 114 Å². The fraction of sp³-hybridized carbons (Fsp3) is 0.500. The molecule has 1 amide bonds. The van der Waals surface area contributed by atoms with Crippen molar-refractivity contribution in [1.82, 2.24) is 4.90 Å². The molecule has 3 nitrogen and oxygen atoms in total. The van der Waals surface area contributed by atoms with Crippen molar-refractivity contribution in [2.75, 3.05) is 20.0 Å². The number of nitrogens with zero attached hydrogens (tertiary/aromatic N) is 1. The standard InChI is InChI=1S/C14H20ClNO2/c1-10(2)11-5-6-12(13(7-11)18-4)9-16(3)14(17)8-15/h5-7,10H,8-9H2,1-4H3. The van der Waals surface area contributed by atoms with Crippen LogP contribution in [0, 0.1) is 0 Å². The Kier molecular flexibility index (Phi) is 5.48. The molecular weight excluding hydrogens is 250 g/mol. The maximum absolute atomic E-state index is 11.4. The molecule has 0 fully saturated rings. The Morgan fingerprint density at radius 1 is 1.44 bits per heavy atom. The third-order valence-corrected chi connectivity index (χ3v) is 3.15. The number of amides is 1. The SMILES string of the molecule is COc1cc(C(C)C)ccc1CN(C)C(=O)CCl. The van der Waals surface area contributed by atoms with Crippen LogP contribution in [0.5, 0.6) is 5.75 Å². The van der Waals surface area contributed by atoms with Crippen LogP contribution in [0.2, 0.25) is 0 Å². The van der Waals surface area contributed by atoms with Gasteiger partial charge in [0.25, 0.3) is 0 Å². The maximum Gasteiger partial charge on any atom is 0.237 e. The highest BCUT2D eigenvalue weighted by molar-refractivity contribution is 6.27. The molecule has 0 spiro atoms. The fourth-order valence-electron chi connectivity index (χ4n) is 1.70. The molecule has 1 rings (SSSR count). The van der Waals surface area contributed by atoms with Gasteiger partial charge in [-0.3, -0.25) is 4.79 Å². The van der Waals surface area contributed by atoms with Crippen LogP contribution in [0.25, 0.3) is 0 Å². The van der Waals surface area contributed by atoms with Gasteiger partial charge < -0.3 is 9.64 Å². The number of hydrogen-bond acceptors (Lipinski definition) is 2. The predicted molar refractivity (Wildman–Crippen MR) is 74.3 cm³/mol. The number of methoxy groups -OCH3 is 1. The monoisotopic (exact) mass is 269 g/mol. The molecular formula is C14H20ClNO2. The second-order valence-corrected chi connectivity index (χ2v) is 4.88. The van der Waals surface area contributed by atoms with Gasteiger partial charge in [0.15, 0.2) is 0 Å². The molecule has 0 unspecified atom stereocenters. The van der Waals surface area contributed by atoms with Crippen molar-refractivity contribution in [3.05, 3.63) is 29.3 Å². The molecule has 0 saturated carbocycles. The van der Waals surface area contributed by atoms with Crippen LogP contribution in [-0.4, -0.2) is 30.8 Å². The highest BCUT2D eigenvalue weighted by Crippen LogP contribution is 2.25. The van der Waals surface area contributed by atoms with E-state index < -0.39 is 0 Å². The molecule has 100 valence electrons. The summed E-state index contributed by atoms with van der Waals surface area (Å²) < 4.78 is 5.38. The Hall–Kier alpha value is -1.22. The number of carbonyl (C=O) groups excluding carboxylic acids is 1. The summed E-state index contributed by atoms with van der Waals surface area (Å²) in [4.78, 5) is 13.0. The van der Waals surface area contributed by atoms with Crippen LogP contribution in [0.1, 0.15) is 30.9 Å². The topological polar surface area (TPSA) is 29.5 Å². The van der Waals surface area contributed by atoms with E-state index in [4.69, 9.17) is 16.3 Å². The molecule has 0 aliphatic rings. The van der Waals surface area contributed by atoms with E-state index in [1.54, 1.807) is 19.1 Å². The molecule has 0 saturated heterocycles. The van der Waals surface area contributed by atoms with Gasteiger partial charge in [0.2, 0.25) is 5.91 Å². The van der Waals surface area contributed by atoms with E-state index in [1.165, 1.54) is 5.56 Å². The highest BCUT2D eigenvalue weighted by atomic mass is 35.5. The quantitative estimate of drug-likeness (QED) is 0.769. The lowest BCUT2D eigenvalue weighted by atomic mass is 10.0. The number of alkyl halides is 1. The van der Waals surface area contributed by atoms with Crippen LogP contribution in [0.3, 0.4) is 0 Å². The summed E-state index contributed by atoms with van der Waals surface area (Å²) in [6, 6.07) is 6.10. The molecule has 1 aromatic carbocycles. The number of benzene rings is 1. The van der Waals surface area contributed by atoms with E-state index in [0.29, 0.717) is 12.5 Å². The third-order valence-electron chi connectivity index (χ3n) is 2.93. The predicted octanol–water partition coefficient (Wildman–Crippen LogP) is 3.02.